The highest BCUT2D eigenvalue weighted by Gasteiger charge is 2.53. The van der Waals surface area contributed by atoms with E-state index in [0.29, 0.717) is 12.2 Å². The number of aliphatic hydroxyl groups is 1. The van der Waals surface area contributed by atoms with Crippen LogP contribution in [-0.2, 0) is 10.2 Å². The van der Waals surface area contributed by atoms with E-state index >= 15 is 0 Å². The third kappa shape index (κ3) is 4.36. The number of carbonyl (C=O) groups is 1. The lowest BCUT2D eigenvalue weighted by Crippen LogP contribution is -2.48. The maximum absolute atomic E-state index is 14.3. The molecule has 4 nitrogen and oxygen atoms in total. The average molecular weight is 447 g/mol. The molecule has 1 heterocycles. The Balaban J connectivity index is 0.00000272. The van der Waals surface area contributed by atoms with E-state index in [1.54, 1.807) is 11.0 Å². The predicted octanol–water partition coefficient (Wildman–Crippen LogP) is 4.90. The van der Waals surface area contributed by atoms with Crippen LogP contribution in [0.5, 0.6) is 0 Å². The van der Waals surface area contributed by atoms with Gasteiger partial charge in [-0.1, -0.05) is 62.6 Å². The summed E-state index contributed by atoms with van der Waals surface area (Å²) in [5.41, 5.74) is 1.80. The van der Waals surface area contributed by atoms with Crippen LogP contribution in [0, 0.1) is 5.82 Å². The molecule has 0 saturated heterocycles. The monoisotopic (exact) mass is 446 g/mol. The zero-order chi connectivity index (χ0) is 21.1. The fourth-order valence-corrected chi connectivity index (χ4v) is 5.21. The van der Waals surface area contributed by atoms with Gasteiger partial charge in [0.1, 0.15) is 5.82 Å². The maximum Gasteiger partial charge on any atom is 0.238 e. The van der Waals surface area contributed by atoms with Gasteiger partial charge in [0.15, 0.2) is 0 Å². The molecule has 0 unspecified atom stereocenters. The van der Waals surface area contributed by atoms with Crippen molar-refractivity contribution in [1.29, 1.82) is 0 Å². The Morgan fingerprint density at radius 1 is 1.13 bits per heavy atom. The van der Waals surface area contributed by atoms with Crippen LogP contribution in [0.25, 0.3) is 0 Å². The van der Waals surface area contributed by atoms with Gasteiger partial charge >= 0.3 is 0 Å². The number of rotatable bonds is 7. The Bertz CT molecular complexity index is 886. The lowest BCUT2D eigenvalue weighted by Gasteiger charge is -2.36. The van der Waals surface area contributed by atoms with E-state index in [0.717, 1.165) is 56.2 Å². The van der Waals surface area contributed by atoms with Crippen LogP contribution in [0.4, 0.5) is 10.1 Å². The molecule has 4 rings (SSSR count). The van der Waals surface area contributed by atoms with Crippen LogP contribution in [0.2, 0.25) is 0 Å². The summed E-state index contributed by atoms with van der Waals surface area (Å²) < 4.78 is 14.3. The first-order chi connectivity index (χ1) is 14.6. The van der Waals surface area contributed by atoms with Crippen molar-refractivity contribution < 1.29 is 14.3 Å². The molecule has 1 aliphatic heterocycles. The summed E-state index contributed by atoms with van der Waals surface area (Å²) in [5, 5.41) is 14.5. The lowest BCUT2D eigenvalue weighted by atomic mass is 9.70. The third-order valence-corrected chi connectivity index (χ3v) is 6.63. The summed E-state index contributed by atoms with van der Waals surface area (Å²) in [6.45, 7) is 3.24. The largest absolute Gasteiger partial charge is 0.389 e. The zero-order valence-electron chi connectivity index (χ0n) is 18.0. The SMILES string of the molecule is CCCNC[C@@H](O)[C@H](c1ccccc1)N1C(=O)C2(CCCCC2)c2ccc(F)cc21.Cl. The van der Waals surface area contributed by atoms with Crippen LogP contribution in [0.1, 0.15) is 62.6 Å². The van der Waals surface area contributed by atoms with Gasteiger partial charge in [0.05, 0.1) is 23.2 Å². The second kappa shape index (κ2) is 10.1. The molecule has 1 fully saturated rings. The summed E-state index contributed by atoms with van der Waals surface area (Å²) in [6.07, 6.45) is 4.83. The number of hydrogen-bond acceptors (Lipinski definition) is 3. The Hall–Kier alpha value is -1.95. The number of nitrogens with one attached hydrogen (secondary N) is 1. The Morgan fingerprint density at radius 3 is 2.52 bits per heavy atom. The van der Waals surface area contributed by atoms with Crippen molar-refractivity contribution in [2.75, 3.05) is 18.0 Å². The van der Waals surface area contributed by atoms with Crippen LogP contribution < -0.4 is 10.2 Å². The Labute approximate surface area is 190 Å². The number of anilines is 1. The lowest BCUT2D eigenvalue weighted by molar-refractivity contribution is -0.125. The highest BCUT2D eigenvalue weighted by molar-refractivity contribution is 6.08. The fourth-order valence-electron chi connectivity index (χ4n) is 5.21. The van der Waals surface area contributed by atoms with Crippen molar-refractivity contribution in [3.05, 3.63) is 65.5 Å². The molecule has 0 aromatic heterocycles. The fraction of sp³-hybridized carbons (Fsp3) is 0.480. The van der Waals surface area contributed by atoms with E-state index in [4.69, 9.17) is 0 Å². The number of benzene rings is 2. The van der Waals surface area contributed by atoms with Crippen molar-refractivity contribution in [2.24, 2.45) is 0 Å². The molecule has 168 valence electrons. The molecule has 0 radical (unpaired) electrons. The predicted molar refractivity (Wildman–Crippen MR) is 124 cm³/mol. The maximum atomic E-state index is 14.3. The Kier molecular flexibility index (Phi) is 7.73. The highest BCUT2D eigenvalue weighted by atomic mass is 35.5. The summed E-state index contributed by atoms with van der Waals surface area (Å²) in [7, 11) is 0. The summed E-state index contributed by atoms with van der Waals surface area (Å²) in [4.78, 5) is 15.7. The molecule has 2 aromatic rings. The number of amides is 1. The molecule has 1 spiro atoms. The van der Waals surface area contributed by atoms with Gasteiger partial charge in [-0.25, -0.2) is 4.39 Å². The van der Waals surface area contributed by atoms with Crippen molar-refractivity contribution in [1.82, 2.24) is 5.32 Å². The molecule has 31 heavy (non-hydrogen) atoms. The summed E-state index contributed by atoms with van der Waals surface area (Å²) in [6, 6.07) is 13.8. The zero-order valence-corrected chi connectivity index (χ0v) is 18.8. The van der Waals surface area contributed by atoms with Gasteiger partial charge in [-0.05, 0) is 49.1 Å². The van der Waals surface area contributed by atoms with Gasteiger partial charge in [0.2, 0.25) is 5.91 Å². The van der Waals surface area contributed by atoms with E-state index in [9.17, 15) is 14.3 Å². The minimum Gasteiger partial charge on any atom is -0.389 e. The molecule has 1 saturated carbocycles. The second-order valence-electron chi connectivity index (χ2n) is 8.61. The van der Waals surface area contributed by atoms with Crippen molar-refractivity contribution in [2.45, 2.75) is 63.0 Å². The topological polar surface area (TPSA) is 52.6 Å². The van der Waals surface area contributed by atoms with Crippen LogP contribution >= 0.6 is 12.4 Å². The molecule has 2 aliphatic rings. The normalized spacial score (nSPS) is 19.1. The smallest absolute Gasteiger partial charge is 0.238 e. The van der Waals surface area contributed by atoms with Gasteiger partial charge in [-0.3, -0.25) is 4.79 Å². The first-order valence-electron chi connectivity index (χ1n) is 11.2. The van der Waals surface area contributed by atoms with E-state index < -0.39 is 17.6 Å². The number of halogens is 2. The minimum absolute atomic E-state index is 0. The minimum atomic E-state index is -0.808. The summed E-state index contributed by atoms with van der Waals surface area (Å²) >= 11 is 0. The van der Waals surface area contributed by atoms with Gasteiger partial charge in [-0.15, -0.1) is 12.4 Å². The van der Waals surface area contributed by atoms with E-state index in [1.807, 2.05) is 30.3 Å². The third-order valence-electron chi connectivity index (χ3n) is 6.63. The van der Waals surface area contributed by atoms with Gasteiger partial charge < -0.3 is 15.3 Å². The number of carbonyl (C=O) groups excluding carboxylic acids is 1. The van der Waals surface area contributed by atoms with Gasteiger partial charge in [0.25, 0.3) is 0 Å². The standard InChI is InChI=1S/C25H31FN2O2.ClH/c1-2-15-27-17-22(29)23(18-9-5-3-6-10-18)28-21-16-19(26)11-12-20(21)25(24(28)30)13-7-4-8-14-25;/h3,5-6,9-12,16,22-23,27,29H,2,4,7-8,13-15,17H2,1H3;1H/t22-,23+;/m1./s1. The van der Waals surface area contributed by atoms with Crippen molar-refractivity contribution >= 4 is 24.0 Å². The molecule has 1 amide bonds. The van der Waals surface area contributed by atoms with Crippen LogP contribution in [-0.4, -0.2) is 30.2 Å². The van der Waals surface area contributed by atoms with Crippen molar-refractivity contribution in [3.8, 4) is 0 Å². The summed E-state index contributed by atoms with van der Waals surface area (Å²) in [5.74, 6) is -0.351. The first-order valence-corrected chi connectivity index (χ1v) is 11.2. The Morgan fingerprint density at radius 2 is 1.84 bits per heavy atom. The van der Waals surface area contributed by atoms with Gasteiger partial charge in [0, 0.05) is 6.54 Å². The molecular formula is C25H32ClFN2O2. The van der Waals surface area contributed by atoms with Crippen LogP contribution in [0.15, 0.2) is 48.5 Å². The molecule has 2 aromatic carbocycles. The number of hydrogen-bond donors (Lipinski definition) is 2. The van der Waals surface area contributed by atoms with Crippen molar-refractivity contribution in [3.63, 3.8) is 0 Å². The second-order valence-corrected chi connectivity index (χ2v) is 8.61. The molecule has 2 atom stereocenters. The van der Waals surface area contributed by atoms with E-state index in [1.165, 1.54) is 12.1 Å². The van der Waals surface area contributed by atoms with Crippen LogP contribution in [0.3, 0.4) is 0 Å². The number of aliphatic hydroxyl groups excluding tert-OH is 1. The molecule has 6 heteroatoms. The average Bonchev–Trinajstić information content (AvgIpc) is 2.98. The molecule has 2 N–H and O–H groups in total. The molecule has 0 bridgehead atoms. The highest BCUT2D eigenvalue weighted by Crippen LogP contribution is 2.52. The molecule has 1 aliphatic carbocycles. The number of fused-ring (bicyclic) bond motifs is 2. The van der Waals surface area contributed by atoms with E-state index in [2.05, 4.69) is 12.2 Å². The quantitative estimate of drug-likeness (QED) is 0.595. The first kappa shape index (κ1) is 23.7. The molecular weight excluding hydrogens is 415 g/mol. The number of nitrogens with zero attached hydrogens (tertiary/aromatic N) is 1. The van der Waals surface area contributed by atoms with Gasteiger partial charge in [-0.2, -0.15) is 0 Å². The van der Waals surface area contributed by atoms with E-state index in [-0.39, 0.29) is 24.1 Å².